The summed E-state index contributed by atoms with van der Waals surface area (Å²) < 4.78 is 75.9. The van der Waals surface area contributed by atoms with Gasteiger partial charge < -0.3 is 14.2 Å². The molecular weight excluding hydrogens is 628 g/mol. The molecule has 4 unspecified atom stereocenters. The Morgan fingerprint density at radius 3 is 1.55 bits per heavy atom. The molecule has 0 saturated heterocycles. The number of alkyl halides is 2. The van der Waals surface area contributed by atoms with E-state index in [9.17, 15) is 31.6 Å². The molecule has 47 heavy (non-hydrogen) atoms. The summed E-state index contributed by atoms with van der Waals surface area (Å²) in [6.45, 7) is 2.26. The Labute approximate surface area is 280 Å². The van der Waals surface area contributed by atoms with E-state index in [4.69, 9.17) is 58.0 Å². The van der Waals surface area contributed by atoms with Crippen LogP contribution in [0.3, 0.4) is 0 Å². The summed E-state index contributed by atoms with van der Waals surface area (Å²) in [6, 6.07) is 6.67. The van der Waals surface area contributed by atoms with Crippen LogP contribution in [-0.4, -0.2) is 81.5 Å². The van der Waals surface area contributed by atoms with Crippen molar-refractivity contribution in [2.45, 2.75) is 76.1 Å². The molecule has 0 heterocycles. The van der Waals surface area contributed by atoms with Gasteiger partial charge in [0.05, 0.1) is 57.0 Å². The van der Waals surface area contributed by atoms with Gasteiger partial charge >= 0.3 is 33.3 Å². The van der Waals surface area contributed by atoms with E-state index in [2.05, 4.69) is 0 Å². The molecule has 0 aromatic heterocycles. The molecule has 0 aliphatic heterocycles. The lowest BCUT2D eigenvalue weighted by molar-refractivity contribution is -0.168. The van der Waals surface area contributed by atoms with Gasteiger partial charge in [-0.1, -0.05) is 67.0 Å². The fraction of sp³-hybridized carbons (Fsp3) is 0.500. The lowest BCUT2D eigenvalue weighted by atomic mass is 9.75. The van der Waals surface area contributed by atoms with Gasteiger partial charge in [0.2, 0.25) is 0 Å². The first-order valence-corrected chi connectivity index (χ1v) is 16.2. The van der Waals surface area contributed by atoms with Crippen LogP contribution < -0.4 is 9.47 Å². The van der Waals surface area contributed by atoms with Crippen molar-refractivity contribution in [1.29, 1.82) is 0 Å². The second kappa shape index (κ2) is 15.9. The van der Waals surface area contributed by atoms with Gasteiger partial charge in [0.15, 0.2) is 6.10 Å². The van der Waals surface area contributed by atoms with Crippen LogP contribution in [0.4, 0.5) is 8.78 Å². The number of hydrogen-bond acceptors (Lipinski definition) is 8. The zero-order valence-corrected chi connectivity index (χ0v) is 26.9. The first kappa shape index (κ1) is 38.4. The molecule has 3 rings (SSSR count). The summed E-state index contributed by atoms with van der Waals surface area (Å²) in [7, 11) is 23.2. The second-order valence-electron chi connectivity index (χ2n) is 11.4. The van der Waals surface area contributed by atoms with Gasteiger partial charge in [0.1, 0.15) is 11.5 Å². The van der Waals surface area contributed by atoms with Gasteiger partial charge in [0.25, 0.3) is 0 Å². The number of hydrogen-bond donors (Lipinski definition) is 1. The molecule has 0 spiro atoms. The lowest BCUT2D eigenvalue weighted by Crippen LogP contribution is -2.44. The molecule has 17 heteroatoms. The van der Waals surface area contributed by atoms with Gasteiger partial charge in [0, 0.05) is 0 Å². The molecule has 2 aromatic rings. The van der Waals surface area contributed by atoms with Crippen LogP contribution in [0.15, 0.2) is 24.3 Å². The van der Waals surface area contributed by atoms with Crippen molar-refractivity contribution in [2.75, 3.05) is 0 Å². The van der Waals surface area contributed by atoms with Crippen LogP contribution in [0.1, 0.15) is 59.6 Å². The van der Waals surface area contributed by atoms with Crippen molar-refractivity contribution >= 4 is 67.3 Å². The average Bonchev–Trinajstić information content (AvgIpc) is 3.04. The van der Waals surface area contributed by atoms with Crippen LogP contribution in [-0.2, 0) is 60.8 Å². The average molecular weight is 660 g/mol. The van der Waals surface area contributed by atoms with Crippen molar-refractivity contribution in [2.24, 2.45) is 17.8 Å². The van der Waals surface area contributed by atoms with Gasteiger partial charge in [-0.2, -0.15) is 17.2 Å². The predicted octanol–water partition coefficient (Wildman–Crippen LogP) is 2.29. The molecule has 0 bridgehead atoms. The predicted molar refractivity (Wildman–Crippen MR) is 173 cm³/mol. The molecule has 1 N–H and O–H groups in total. The maximum atomic E-state index is 14.2. The van der Waals surface area contributed by atoms with Gasteiger partial charge in [-0.15, -0.1) is 0 Å². The van der Waals surface area contributed by atoms with E-state index in [0.29, 0.717) is 34.7 Å². The van der Waals surface area contributed by atoms with Crippen molar-refractivity contribution in [3.63, 3.8) is 0 Å². The largest absolute Gasteiger partial charge is 0.455 e. The molecule has 9 nitrogen and oxygen atoms in total. The van der Waals surface area contributed by atoms with E-state index >= 15 is 0 Å². The number of carbonyl (C=O) groups excluding carboxylic acids is 3. The van der Waals surface area contributed by atoms with Crippen molar-refractivity contribution < 1.29 is 50.3 Å². The number of carbonyl (C=O) groups is 3. The van der Waals surface area contributed by atoms with E-state index in [-0.39, 0.29) is 62.4 Å². The van der Waals surface area contributed by atoms with Gasteiger partial charge in [-0.05, 0) is 55.4 Å². The summed E-state index contributed by atoms with van der Waals surface area (Å²) in [4.78, 5) is 40.3. The molecule has 1 fully saturated rings. The number of halogens is 2. The monoisotopic (exact) mass is 660 g/mol. The van der Waals surface area contributed by atoms with Crippen LogP contribution in [0, 0.1) is 24.7 Å². The number of rotatable bonds is 13. The second-order valence-corrected chi connectivity index (χ2v) is 12.9. The molecule has 1 saturated carbocycles. The Morgan fingerprint density at radius 2 is 1.15 bits per heavy atom. The van der Waals surface area contributed by atoms with Crippen LogP contribution in [0.25, 0.3) is 0 Å². The highest BCUT2D eigenvalue weighted by molar-refractivity contribution is 7.86. The van der Waals surface area contributed by atoms with E-state index in [0.717, 1.165) is 5.56 Å². The Kier molecular flexibility index (Phi) is 13.0. The third-order valence-electron chi connectivity index (χ3n) is 8.07. The number of ether oxygens (including phenoxy) is 3. The Balaban J connectivity index is 1.96. The minimum Gasteiger partial charge on any atom is -0.455 e. The summed E-state index contributed by atoms with van der Waals surface area (Å²) in [5.41, 5.74) is 3.32. The highest BCUT2D eigenvalue weighted by Gasteiger charge is 2.53. The van der Waals surface area contributed by atoms with Crippen molar-refractivity contribution in [1.82, 2.24) is 0 Å². The maximum Gasteiger partial charge on any atom is 0.405 e. The highest BCUT2D eigenvalue weighted by Crippen LogP contribution is 2.39. The quantitative estimate of drug-likeness (QED) is 0.149. The molecular formula is C30H31B5F2O9S. The summed E-state index contributed by atoms with van der Waals surface area (Å²) in [5.74, 6) is -6.42. The Bertz CT molecular complexity index is 1580. The molecule has 1 aliphatic carbocycles. The first-order valence-electron chi connectivity index (χ1n) is 14.8. The van der Waals surface area contributed by atoms with Crippen LogP contribution in [0.5, 0.6) is 11.5 Å². The molecule has 2 aromatic carbocycles. The minimum atomic E-state index is -5.93. The Hall–Kier alpha value is -3.06. The maximum absolute atomic E-state index is 14.2. The zero-order chi connectivity index (χ0) is 35.3. The normalized spacial score (nSPS) is 19.0. The number of esters is 3. The molecule has 4 atom stereocenters. The topological polar surface area (TPSA) is 133 Å². The highest BCUT2D eigenvalue weighted by atomic mass is 32.2. The molecule has 240 valence electrons. The standard InChI is InChI=1S/C30H31B5F2O9S/c1-15-3-17(10-31)4-22(12-33)25(15)45-28(39)20-7-19(27(38)44-16(2)30(36,37)47(41,42)43)8-21(9-20)29(40)46-26-23(13-34)5-18(11-32)6-24(26)14-35/h3-6,16,19-21H,7-14H2,1-2H3,(H,41,42,43). The summed E-state index contributed by atoms with van der Waals surface area (Å²) in [6.07, 6.45) is -3.06. The fourth-order valence-electron chi connectivity index (χ4n) is 5.54. The van der Waals surface area contributed by atoms with E-state index < -0.39 is 57.1 Å². The number of benzene rings is 2. The fourth-order valence-corrected chi connectivity index (χ4v) is 6.00. The van der Waals surface area contributed by atoms with E-state index in [1.54, 1.807) is 31.2 Å². The molecule has 10 radical (unpaired) electrons. The zero-order valence-electron chi connectivity index (χ0n) is 26.0. The smallest absolute Gasteiger partial charge is 0.405 e. The van der Waals surface area contributed by atoms with Crippen molar-refractivity contribution in [3.8, 4) is 11.5 Å². The first-order chi connectivity index (χ1) is 22.0. The Morgan fingerprint density at radius 1 is 0.766 bits per heavy atom. The van der Waals surface area contributed by atoms with Gasteiger partial charge in [-0.25, -0.2) is 0 Å². The van der Waals surface area contributed by atoms with Crippen molar-refractivity contribution in [3.05, 3.63) is 57.6 Å². The molecule has 0 amide bonds. The minimum absolute atomic E-state index is 0.00161. The van der Waals surface area contributed by atoms with Crippen LogP contribution >= 0.6 is 0 Å². The van der Waals surface area contributed by atoms with E-state index in [1.807, 2.05) is 0 Å². The lowest BCUT2D eigenvalue weighted by Gasteiger charge is -2.33. The van der Waals surface area contributed by atoms with E-state index in [1.165, 1.54) is 0 Å². The third-order valence-corrected chi connectivity index (χ3v) is 9.09. The van der Waals surface area contributed by atoms with Gasteiger partial charge in [-0.3, -0.25) is 18.9 Å². The summed E-state index contributed by atoms with van der Waals surface area (Å²) >= 11 is 0. The van der Waals surface area contributed by atoms with Crippen LogP contribution in [0.2, 0.25) is 0 Å². The number of aryl methyl sites for hydroxylation is 1. The summed E-state index contributed by atoms with van der Waals surface area (Å²) in [5, 5.41) is -4.83. The molecule has 1 aliphatic rings. The SMILES string of the molecule is [B]Cc1cc(C)c(OC(=O)C2CC(C(=O)Oc3c(C[B])cc(C[B])cc3C[B])CC(C(=O)OC(C)C(F)(F)S(=O)(=O)O)C2)c(C[B])c1. The third kappa shape index (κ3) is 8.90.